The summed E-state index contributed by atoms with van der Waals surface area (Å²) < 4.78 is 0. The van der Waals surface area contributed by atoms with Crippen molar-refractivity contribution >= 4 is 17.3 Å². The molecule has 110 valence electrons. The predicted octanol–water partition coefficient (Wildman–Crippen LogP) is 2.72. The van der Waals surface area contributed by atoms with E-state index in [1.54, 1.807) is 0 Å². The van der Waals surface area contributed by atoms with Gasteiger partial charge in [0.25, 0.3) is 5.91 Å². The summed E-state index contributed by atoms with van der Waals surface area (Å²) in [5.74, 6) is 0.500. The zero-order chi connectivity index (χ0) is 15.6. The van der Waals surface area contributed by atoms with Gasteiger partial charge in [0.05, 0.1) is 17.0 Å². The van der Waals surface area contributed by atoms with Gasteiger partial charge in [-0.3, -0.25) is 4.79 Å². The van der Waals surface area contributed by atoms with Crippen molar-refractivity contribution in [1.29, 1.82) is 0 Å². The molecular weight excluding hydrogens is 264 g/mol. The first kappa shape index (κ1) is 15.0. The van der Waals surface area contributed by atoms with E-state index in [-0.39, 0.29) is 5.91 Å². The second-order valence-electron chi connectivity index (χ2n) is 5.21. The summed E-state index contributed by atoms with van der Waals surface area (Å²) in [6.45, 7) is 5.47. The Morgan fingerprint density at radius 2 is 1.52 bits per heavy atom. The SMILES string of the molecule is Cc1nc(C)c(C(=O)Nc2ccc(N(C)C)cc2)c(C)n1. The van der Waals surface area contributed by atoms with Crippen LogP contribution in [0.1, 0.15) is 27.6 Å². The molecule has 1 aromatic heterocycles. The summed E-state index contributed by atoms with van der Waals surface area (Å²) in [5.41, 5.74) is 3.77. The van der Waals surface area contributed by atoms with Crippen LogP contribution in [0.15, 0.2) is 24.3 Å². The maximum atomic E-state index is 12.4. The molecule has 0 aliphatic carbocycles. The number of nitrogens with one attached hydrogen (secondary N) is 1. The molecule has 0 radical (unpaired) electrons. The van der Waals surface area contributed by atoms with Crippen LogP contribution >= 0.6 is 0 Å². The third-order valence-electron chi connectivity index (χ3n) is 3.25. The largest absolute Gasteiger partial charge is 0.378 e. The minimum atomic E-state index is -0.178. The Hall–Kier alpha value is -2.43. The van der Waals surface area contributed by atoms with Gasteiger partial charge in [-0.05, 0) is 45.0 Å². The van der Waals surface area contributed by atoms with E-state index in [9.17, 15) is 4.79 Å². The number of aryl methyl sites for hydroxylation is 3. The summed E-state index contributed by atoms with van der Waals surface area (Å²) >= 11 is 0. The van der Waals surface area contributed by atoms with Gasteiger partial charge in [0.2, 0.25) is 0 Å². The lowest BCUT2D eigenvalue weighted by Crippen LogP contribution is -2.17. The van der Waals surface area contributed by atoms with E-state index in [0.29, 0.717) is 22.8 Å². The van der Waals surface area contributed by atoms with Crippen molar-refractivity contribution in [1.82, 2.24) is 9.97 Å². The number of aromatic nitrogens is 2. The molecule has 0 saturated carbocycles. The van der Waals surface area contributed by atoms with Crippen molar-refractivity contribution in [2.45, 2.75) is 20.8 Å². The van der Waals surface area contributed by atoms with E-state index < -0.39 is 0 Å². The maximum Gasteiger partial charge on any atom is 0.259 e. The molecule has 1 heterocycles. The highest BCUT2D eigenvalue weighted by atomic mass is 16.1. The molecule has 1 aromatic carbocycles. The number of hydrogen-bond acceptors (Lipinski definition) is 4. The summed E-state index contributed by atoms with van der Waals surface area (Å²) in [6.07, 6.45) is 0. The van der Waals surface area contributed by atoms with Crippen molar-refractivity contribution in [3.8, 4) is 0 Å². The van der Waals surface area contributed by atoms with Gasteiger partial charge < -0.3 is 10.2 Å². The van der Waals surface area contributed by atoms with Crippen LogP contribution in [0.25, 0.3) is 0 Å². The second kappa shape index (κ2) is 5.91. The first-order valence-corrected chi connectivity index (χ1v) is 6.79. The van der Waals surface area contributed by atoms with Crippen molar-refractivity contribution < 1.29 is 4.79 Å². The van der Waals surface area contributed by atoms with E-state index in [4.69, 9.17) is 0 Å². The molecule has 0 aliphatic rings. The minimum Gasteiger partial charge on any atom is -0.378 e. The van der Waals surface area contributed by atoms with E-state index in [1.165, 1.54) is 0 Å². The van der Waals surface area contributed by atoms with E-state index >= 15 is 0 Å². The fraction of sp³-hybridized carbons (Fsp3) is 0.312. The quantitative estimate of drug-likeness (QED) is 0.941. The van der Waals surface area contributed by atoms with Crippen LogP contribution in [0.2, 0.25) is 0 Å². The Morgan fingerprint density at radius 3 is 2.00 bits per heavy atom. The molecule has 2 rings (SSSR count). The summed E-state index contributed by atoms with van der Waals surface area (Å²) in [4.78, 5) is 22.9. The third kappa shape index (κ3) is 3.37. The monoisotopic (exact) mass is 284 g/mol. The Labute approximate surface area is 125 Å². The molecule has 0 saturated heterocycles. The highest BCUT2D eigenvalue weighted by molar-refractivity contribution is 6.05. The third-order valence-corrected chi connectivity index (χ3v) is 3.25. The fourth-order valence-electron chi connectivity index (χ4n) is 2.25. The number of rotatable bonds is 3. The van der Waals surface area contributed by atoms with E-state index in [0.717, 1.165) is 11.4 Å². The number of nitrogens with zero attached hydrogens (tertiary/aromatic N) is 3. The molecule has 0 aliphatic heterocycles. The topological polar surface area (TPSA) is 58.1 Å². The molecule has 0 fully saturated rings. The molecule has 0 spiro atoms. The van der Waals surface area contributed by atoms with E-state index in [1.807, 2.05) is 64.0 Å². The smallest absolute Gasteiger partial charge is 0.259 e. The van der Waals surface area contributed by atoms with Gasteiger partial charge in [-0.2, -0.15) is 0 Å². The van der Waals surface area contributed by atoms with Gasteiger partial charge in [-0.15, -0.1) is 0 Å². The Bertz CT molecular complexity index is 639. The van der Waals surface area contributed by atoms with Gasteiger partial charge in [0, 0.05) is 25.5 Å². The molecule has 5 heteroatoms. The Morgan fingerprint density at radius 1 is 1.00 bits per heavy atom. The van der Waals surface area contributed by atoms with Crippen LogP contribution in [0, 0.1) is 20.8 Å². The van der Waals surface area contributed by atoms with Gasteiger partial charge in [-0.1, -0.05) is 0 Å². The van der Waals surface area contributed by atoms with Crippen molar-refractivity contribution in [2.24, 2.45) is 0 Å². The lowest BCUT2D eigenvalue weighted by Gasteiger charge is -2.14. The van der Waals surface area contributed by atoms with Crippen molar-refractivity contribution in [3.63, 3.8) is 0 Å². The number of carbonyl (C=O) groups is 1. The molecule has 0 atom stereocenters. The van der Waals surface area contributed by atoms with Crippen LogP contribution in [-0.2, 0) is 0 Å². The Kier molecular flexibility index (Phi) is 4.21. The van der Waals surface area contributed by atoms with Crippen LogP contribution in [0.3, 0.4) is 0 Å². The zero-order valence-corrected chi connectivity index (χ0v) is 13.1. The maximum absolute atomic E-state index is 12.4. The molecular formula is C16H20N4O. The van der Waals surface area contributed by atoms with Crippen LogP contribution in [0.4, 0.5) is 11.4 Å². The molecule has 0 unspecified atom stereocenters. The van der Waals surface area contributed by atoms with Crippen LogP contribution in [0.5, 0.6) is 0 Å². The predicted molar refractivity (Wildman–Crippen MR) is 85.0 cm³/mol. The first-order chi connectivity index (χ1) is 9.88. The minimum absolute atomic E-state index is 0.178. The summed E-state index contributed by atoms with van der Waals surface area (Å²) in [7, 11) is 3.95. The summed E-state index contributed by atoms with van der Waals surface area (Å²) in [6, 6.07) is 7.68. The lowest BCUT2D eigenvalue weighted by molar-refractivity contribution is 0.102. The molecule has 21 heavy (non-hydrogen) atoms. The van der Waals surface area contributed by atoms with Gasteiger partial charge >= 0.3 is 0 Å². The molecule has 1 amide bonds. The van der Waals surface area contributed by atoms with Crippen molar-refractivity contribution in [3.05, 3.63) is 47.0 Å². The number of carbonyl (C=O) groups excluding carboxylic acids is 1. The number of anilines is 2. The standard InChI is InChI=1S/C16H20N4O/c1-10-15(11(2)18-12(3)17-10)16(21)19-13-6-8-14(9-7-13)20(4)5/h6-9H,1-5H3,(H,19,21). The molecule has 1 N–H and O–H groups in total. The van der Waals surface area contributed by atoms with Crippen LogP contribution in [-0.4, -0.2) is 30.0 Å². The average Bonchev–Trinajstić information content (AvgIpc) is 2.37. The second-order valence-corrected chi connectivity index (χ2v) is 5.21. The number of hydrogen-bond donors (Lipinski definition) is 1. The molecule has 2 aromatic rings. The molecule has 0 bridgehead atoms. The van der Waals surface area contributed by atoms with Crippen molar-refractivity contribution in [2.75, 3.05) is 24.3 Å². The highest BCUT2D eigenvalue weighted by Crippen LogP contribution is 2.18. The Balaban J connectivity index is 2.22. The van der Waals surface area contributed by atoms with Crippen LogP contribution < -0.4 is 10.2 Å². The normalized spacial score (nSPS) is 10.3. The summed E-state index contributed by atoms with van der Waals surface area (Å²) in [5, 5.41) is 2.89. The number of benzene rings is 1. The lowest BCUT2D eigenvalue weighted by atomic mass is 10.1. The zero-order valence-electron chi connectivity index (χ0n) is 13.1. The first-order valence-electron chi connectivity index (χ1n) is 6.79. The van der Waals surface area contributed by atoms with Gasteiger partial charge in [0.15, 0.2) is 0 Å². The average molecular weight is 284 g/mol. The molecule has 5 nitrogen and oxygen atoms in total. The van der Waals surface area contributed by atoms with Gasteiger partial charge in [-0.25, -0.2) is 9.97 Å². The fourth-order valence-corrected chi connectivity index (χ4v) is 2.25. The number of amides is 1. The van der Waals surface area contributed by atoms with E-state index in [2.05, 4.69) is 15.3 Å². The van der Waals surface area contributed by atoms with Gasteiger partial charge in [0.1, 0.15) is 5.82 Å². The highest BCUT2D eigenvalue weighted by Gasteiger charge is 2.15.